The third-order valence-corrected chi connectivity index (χ3v) is 5.55. The van der Waals surface area contributed by atoms with Crippen molar-refractivity contribution in [2.75, 3.05) is 6.54 Å². The first-order chi connectivity index (χ1) is 13.9. The van der Waals surface area contributed by atoms with E-state index >= 15 is 0 Å². The molecule has 0 aliphatic heterocycles. The molecule has 0 amide bonds. The molecular weight excluding hydrogens is 489 g/mol. The third kappa shape index (κ3) is 3.06. The zero-order valence-corrected chi connectivity index (χ0v) is 17.0. The Kier molecular flexibility index (Phi) is 4.81. The number of carbonyl (C=O) groups is 1. The Morgan fingerprint density at radius 3 is 2.66 bits per heavy atom. The van der Waals surface area contributed by atoms with Crippen molar-refractivity contribution < 1.29 is 9.72 Å². The standard InChI is InChI=1S/C19H12IN5O4/c20-10-2-4-13-14(8-10)18(26)16-12-5-3-11(25(28)29)9-15(12)19(27)24(17(13)16)7-1-6-22-23-21/h2-5,8-9H,1,6-7H2. The molecule has 1 aliphatic rings. The van der Waals surface area contributed by atoms with Crippen LogP contribution in [0, 0.1) is 13.7 Å². The molecule has 0 radical (unpaired) electrons. The Morgan fingerprint density at radius 2 is 1.93 bits per heavy atom. The van der Waals surface area contributed by atoms with Gasteiger partial charge in [0.05, 0.1) is 21.6 Å². The lowest BCUT2D eigenvalue weighted by molar-refractivity contribution is -0.384. The fraction of sp³-hybridized carbons (Fsp3) is 0.158. The number of nitro benzene ring substituents is 1. The van der Waals surface area contributed by atoms with Crippen LogP contribution in [0.1, 0.15) is 22.3 Å². The molecule has 0 saturated heterocycles. The summed E-state index contributed by atoms with van der Waals surface area (Å²) in [7, 11) is 0. The van der Waals surface area contributed by atoms with Crippen LogP contribution in [-0.4, -0.2) is 21.8 Å². The smallest absolute Gasteiger partial charge is 0.270 e. The molecule has 1 aromatic heterocycles. The van der Waals surface area contributed by atoms with Crippen LogP contribution in [-0.2, 0) is 6.54 Å². The number of carbonyl (C=O) groups excluding carboxylic acids is 1. The Hall–Kier alpha value is -3.24. The highest BCUT2D eigenvalue weighted by molar-refractivity contribution is 14.1. The predicted molar refractivity (Wildman–Crippen MR) is 115 cm³/mol. The van der Waals surface area contributed by atoms with Gasteiger partial charge in [-0.3, -0.25) is 19.7 Å². The van der Waals surface area contributed by atoms with Gasteiger partial charge in [-0.25, -0.2) is 0 Å². The lowest BCUT2D eigenvalue weighted by Crippen LogP contribution is -2.24. The number of ketones is 1. The highest BCUT2D eigenvalue weighted by Crippen LogP contribution is 2.40. The van der Waals surface area contributed by atoms with E-state index in [2.05, 4.69) is 32.6 Å². The second-order valence-corrected chi connectivity index (χ2v) is 7.74. The monoisotopic (exact) mass is 501 g/mol. The van der Waals surface area contributed by atoms with E-state index < -0.39 is 10.5 Å². The summed E-state index contributed by atoms with van der Waals surface area (Å²) in [5, 5.41) is 15.2. The van der Waals surface area contributed by atoms with Crippen molar-refractivity contribution in [3.8, 4) is 11.3 Å². The number of fused-ring (bicyclic) bond motifs is 5. The molecule has 0 saturated carbocycles. The van der Waals surface area contributed by atoms with E-state index in [4.69, 9.17) is 5.53 Å². The predicted octanol–water partition coefficient (Wildman–Crippen LogP) is 4.43. The van der Waals surface area contributed by atoms with Gasteiger partial charge in [0.15, 0.2) is 5.78 Å². The first kappa shape index (κ1) is 19.1. The van der Waals surface area contributed by atoms with Crippen molar-refractivity contribution >= 4 is 44.8 Å². The summed E-state index contributed by atoms with van der Waals surface area (Å²) in [6, 6.07) is 9.41. The minimum Gasteiger partial charge on any atom is -0.307 e. The first-order valence-electron chi connectivity index (χ1n) is 8.64. The number of hydrogen-bond donors (Lipinski definition) is 0. The van der Waals surface area contributed by atoms with Gasteiger partial charge in [-0.2, -0.15) is 0 Å². The summed E-state index contributed by atoms with van der Waals surface area (Å²) in [6.07, 6.45) is 0.394. The lowest BCUT2D eigenvalue weighted by Gasteiger charge is -2.14. The van der Waals surface area contributed by atoms with E-state index in [9.17, 15) is 19.7 Å². The minimum atomic E-state index is -0.572. The Labute approximate surface area is 176 Å². The van der Waals surface area contributed by atoms with Crippen LogP contribution in [0.5, 0.6) is 0 Å². The van der Waals surface area contributed by atoms with E-state index in [1.54, 1.807) is 12.1 Å². The Bertz CT molecular complexity index is 1320. The molecule has 1 heterocycles. The molecule has 10 heteroatoms. The van der Waals surface area contributed by atoms with E-state index in [1.165, 1.54) is 22.8 Å². The van der Waals surface area contributed by atoms with Gasteiger partial charge in [0.1, 0.15) is 0 Å². The summed E-state index contributed by atoms with van der Waals surface area (Å²) in [6.45, 7) is 0.412. The van der Waals surface area contributed by atoms with Crippen LogP contribution in [0.25, 0.3) is 32.5 Å². The molecule has 144 valence electrons. The number of azide groups is 1. The van der Waals surface area contributed by atoms with Crippen molar-refractivity contribution in [1.29, 1.82) is 0 Å². The number of benzene rings is 2. The SMILES string of the molecule is [N-]=[N+]=NCCCn1c2c(c3ccc([N+](=O)[O-])cc3c1=O)C(=O)c1cc(I)ccc1-2. The topological polar surface area (TPSA) is 131 Å². The van der Waals surface area contributed by atoms with Gasteiger partial charge in [-0.15, -0.1) is 0 Å². The normalized spacial score (nSPS) is 11.8. The fourth-order valence-electron chi connectivity index (χ4n) is 3.66. The second kappa shape index (κ2) is 7.30. The summed E-state index contributed by atoms with van der Waals surface area (Å²) in [5.74, 6) is -0.212. The number of hydrogen-bond acceptors (Lipinski definition) is 5. The Morgan fingerprint density at radius 1 is 1.14 bits per heavy atom. The van der Waals surface area contributed by atoms with Gasteiger partial charge < -0.3 is 4.57 Å². The van der Waals surface area contributed by atoms with Crippen molar-refractivity contribution in [3.05, 3.63) is 82.0 Å². The van der Waals surface area contributed by atoms with E-state index in [0.29, 0.717) is 34.2 Å². The molecule has 0 fully saturated rings. The van der Waals surface area contributed by atoms with Crippen LogP contribution < -0.4 is 5.56 Å². The van der Waals surface area contributed by atoms with Crippen molar-refractivity contribution in [1.82, 2.24) is 4.57 Å². The fourth-order valence-corrected chi connectivity index (χ4v) is 4.15. The number of nitrogens with zero attached hydrogens (tertiary/aromatic N) is 5. The molecule has 4 rings (SSSR count). The molecule has 0 atom stereocenters. The van der Waals surface area contributed by atoms with E-state index in [1.807, 2.05) is 6.07 Å². The van der Waals surface area contributed by atoms with Crippen LogP contribution >= 0.6 is 22.6 Å². The number of non-ortho nitro benzene ring substituents is 1. The van der Waals surface area contributed by atoms with Crippen LogP contribution in [0.15, 0.2) is 46.3 Å². The summed E-state index contributed by atoms with van der Waals surface area (Å²) in [4.78, 5) is 39.7. The van der Waals surface area contributed by atoms with E-state index in [0.717, 1.165) is 3.57 Å². The van der Waals surface area contributed by atoms with Crippen molar-refractivity contribution in [3.63, 3.8) is 0 Å². The molecule has 29 heavy (non-hydrogen) atoms. The number of halogens is 1. The molecule has 0 N–H and O–H groups in total. The van der Waals surface area contributed by atoms with Gasteiger partial charge in [-0.05, 0) is 52.7 Å². The molecule has 9 nitrogen and oxygen atoms in total. The zero-order chi connectivity index (χ0) is 20.7. The highest BCUT2D eigenvalue weighted by Gasteiger charge is 2.33. The van der Waals surface area contributed by atoms with Gasteiger partial charge in [0.2, 0.25) is 0 Å². The molecule has 0 bridgehead atoms. The molecule has 0 unspecified atom stereocenters. The van der Waals surface area contributed by atoms with Gasteiger partial charge in [0, 0.05) is 50.2 Å². The maximum absolute atomic E-state index is 13.2. The number of rotatable bonds is 5. The van der Waals surface area contributed by atoms with Gasteiger partial charge >= 0.3 is 0 Å². The second-order valence-electron chi connectivity index (χ2n) is 6.49. The van der Waals surface area contributed by atoms with Gasteiger partial charge in [-0.1, -0.05) is 11.2 Å². The average Bonchev–Trinajstić information content (AvgIpc) is 2.99. The molecule has 3 aromatic rings. The molecule has 2 aromatic carbocycles. The molecule has 0 spiro atoms. The number of nitro groups is 1. The summed E-state index contributed by atoms with van der Waals surface area (Å²) in [5.41, 5.74) is 9.88. The first-order valence-corrected chi connectivity index (χ1v) is 9.72. The maximum atomic E-state index is 13.2. The van der Waals surface area contributed by atoms with E-state index in [-0.39, 0.29) is 29.9 Å². The zero-order valence-electron chi connectivity index (χ0n) is 14.8. The third-order valence-electron chi connectivity index (χ3n) is 4.88. The minimum absolute atomic E-state index is 0.123. The largest absolute Gasteiger partial charge is 0.307 e. The Balaban J connectivity index is 2.05. The number of pyridine rings is 1. The molecule has 1 aliphatic carbocycles. The highest BCUT2D eigenvalue weighted by atomic mass is 127. The van der Waals surface area contributed by atoms with Crippen molar-refractivity contribution in [2.24, 2.45) is 5.11 Å². The quantitative estimate of drug-likeness (QED) is 0.0762. The summed E-state index contributed by atoms with van der Waals surface area (Å²) >= 11 is 2.12. The lowest BCUT2D eigenvalue weighted by atomic mass is 10.0. The van der Waals surface area contributed by atoms with Crippen LogP contribution in [0.3, 0.4) is 0 Å². The van der Waals surface area contributed by atoms with Crippen LogP contribution in [0.2, 0.25) is 0 Å². The molecular formula is C19H12IN5O4. The van der Waals surface area contributed by atoms with Gasteiger partial charge in [0.25, 0.3) is 11.2 Å². The maximum Gasteiger partial charge on any atom is 0.270 e. The number of aromatic nitrogens is 1. The average molecular weight is 501 g/mol. The van der Waals surface area contributed by atoms with Crippen LogP contribution in [0.4, 0.5) is 5.69 Å². The van der Waals surface area contributed by atoms with Crippen molar-refractivity contribution in [2.45, 2.75) is 13.0 Å². The summed E-state index contributed by atoms with van der Waals surface area (Å²) < 4.78 is 2.35.